The number of hydrogen-bond donors (Lipinski definition) is 1. The highest BCUT2D eigenvalue weighted by Crippen LogP contribution is 2.38. The van der Waals surface area contributed by atoms with E-state index < -0.39 is 0 Å². The van der Waals surface area contributed by atoms with Crippen LogP contribution < -0.4 is 9.88 Å². The van der Waals surface area contributed by atoms with Gasteiger partial charge in [-0.1, -0.05) is 18.7 Å². The minimum Gasteiger partial charge on any atom is -0.465 e. The van der Waals surface area contributed by atoms with E-state index in [1.165, 1.54) is 23.3 Å². The Morgan fingerprint density at radius 2 is 2.11 bits per heavy atom. The van der Waals surface area contributed by atoms with Gasteiger partial charge in [0.25, 0.3) is 5.91 Å². The molecule has 0 bridgehead atoms. The lowest BCUT2D eigenvalue weighted by Gasteiger charge is -2.11. The van der Waals surface area contributed by atoms with Gasteiger partial charge < -0.3 is 10.1 Å². The quantitative estimate of drug-likeness (QED) is 0.531. The van der Waals surface area contributed by atoms with Gasteiger partial charge in [-0.2, -0.15) is 0 Å². The lowest BCUT2D eigenvalue weighted by atomic mass is 9.95. The van der Waals surface area contributed by atoms with E-state index in [0.717, 1.165) is 42.3 Å². The highest BCUT2D eigenvalue weighted by molar-refractivity contribution is 7.17. The fourth-order valence-corrected chi connectivity index (χ4v) is 5.06. The Morgan fingerprint density at radius 1 is 1.32 bits per heavy atom. The Labute approximate surface area is 167 Å². The molecule has 0 aliphatic heterocycles. The maximum Gasteiger partial charge on any atom is 0.341 e. The van der Waals surface area contributed by atoms with Gasteiger partial charge in [-0.05, 0) is 43.4 Å². The van der Waals surface area contributed by atoms with Crippen molar-refractivity contribution < 1.29 is 18.9 Å². The molecule has 7 heteroatoms. The summed E-state index contributed by atoms with van der Waals surface area (Å²) in [5, 5.41) is 3.54. The maximum atomic E-state index is 12.8. The fourth-order valence-electron chi connectivity index (χ4n) is 3.76. The number of benzene rings is 1. The molecule has 2 heterocycles. The number of carbonyl (C=O) groups is 2. The van der Waals surface area contributed by atoms with Crippen molar-refractivity contribution in [3.05, 3.63) is 53.2 Å². The summed E-state index contributed by atoms with van der Waals surface area (Å²) >= 11 is 1.49. The van der Waals surface area contributed by atoms with E-state index in [-0.39, 0.29) is 18.4 Å². The van der Waals surface area contributed by atoms with Crippen molar-refractivity contribution in [2.45, 2.75) is 32.2 Å². The van der Waals surface area contributed by atoms with Crippen LogP contribution in [0.2, 0.25) is 0 Å². The number of para-hydroxylation sites is 2. The number of thiophene rings is 1. The summed E-state index contributed by atoms with van der Waals surface area (Å²) in [6, 6.07) is 7.83. The third-order valence-electron chi connectivity index (χ3n) is 5.06. The molecular weight excluding hydrogens is 374 g/mol. The number of amides is 1. The van der Waals surface area contributed by atoms with Gasteiger partial charge >= 0.3 is 5.97 Å². The standard InChI is InChI=1S/C21H21N3O3S/c1-3-23-13-24(16-10-6-5-9-15(16)23)12-18(25)22-20-19(21(26)27-2)14-8-4-7-11-17(14)28-20/h3,5-6,9-10,13H,1,4,7-8,11-12H2,2H3/p+1. The summed E-state index contributed by atoms with van der Waals surface area (Å²) in [5.74, 6) is -0.564. The summed E-state index contributed by atoms with van der Waals surface area (Å²) in [6.07, 6.45) is 7.52. The van der Waals surface area contributed by atoms with Crippen molar-refractivity contribution in [1.82, 2.24) is 4.57 Å². The zero-order chi connectivity index (χ0) is 19.7. The summed E-state index contributed by atoms with van der Waals surface area (Å²) < 4.78 is 8.73. The van der Waals surface area contributed by atoms with Gasteiger partial charge in [-0.15, -0.1) is 11.3 Å². The molecule has 144 valence electrons. The molecule has 0 fully saturated rings. The van der Waals surface area contributed by atoms with Crippen LogP contribution in [0.4, 0.5) is 5.00 Å². The molecule has 28 heavy (non-hydrogen) atoms. The fraction of sp³-hybridized carbons (Fsp3) is 0.286. The van der Waals surface area contributed by atoms with Crippen molar-refractivity contribution in [2.75, 3.05) is 12.4 Å². The predicted molar refractivity (Wildman–Crippen MR) is 109 cm³/mol. The number of methoxy groups -OCH3 is 1. The number of imidazole rings is 1. The summed E-state index contributed by atoms with van der Waals surface area (Å²) in [7, 11) is 1.38. The van der Waals surface area contributed by atoms with Crippen LogP contribution in [0.5, 0.6) is 0 Å². The van der Waals surface area contributed by atoms with Gasteiger partial charge in [0.05, 0.1) is 18.9 Å². The van der Waals surface area contributed by atoms with E-state index in [4.69, 9.17) is 4.74 Å². The number of nitrogens with one attached hydrogen (secondary N) is 1. The number of esters is 1. The van der Waals surface area contributed by atoms with Crippen LogP contribution in [0.1, 0.15) is 33.6 Å². The predicted octanol–water partition coefficient (Wildman–Crippen LogP) is 3.39. The summed E-state index contributed by atoms with van der Waals surface area (Å²) in [4.78, 5) is 26.3. The van der Waals surface area contributed by atoms with Gasteiger partial charge in [0.2, 0.25) is 6.33 Å². The topological polar surface area (TPSA) is 64.2 Å². The molecule has 3 aromatic rings. The molecule has 1 aliphatic carbocycles. The molecule has 0 unspecified atom stereocenters. The minimum absolute atomic E-state index is 0.143. The molecule has 1 N–H and O–H groups in total. The number of anilines is 1. The van der Waals surface area contributed by atoms with E-state index in [1.807, 2.05) is 39.7 Å². The Morgan fingerprint density at radius 3 is 2.89 bits per heavy atom. The smallest absolute Gasteiger partial charge is 0.341 e. The van der Waals surface area contributed by atoms with E-state index in [1.54, 1.807) is 6.20 Å². The van der Waals surface area contributed by atoms with Crippen LogP contribution in [0.15, 0.2) is 37.2 Å². The molecule has 0 saturated heterocycles. The SMILES string of the molecule is C=Cn1c[n+](CC(=O)Nc2sc3c(c2C(=O)OC)CCCC3)c2ccccc21. The van der Waals surface area contributed by atoms with E-state index >= 15 is 0 Å². The second-order valence-electron chi connectivity index (χ2n) is 6.78. The van der Waals surface area contributed by atoms with Crippen molar-refractivity contribution in [1.29, 1.82) is 0 Å². The Bertz CT molecular complexity index is 1080. The largest absolute Gasteiger partial charge is 0.465 e. The monoisotopic (exact) mass is 396 g/mol. The molecule has 0 spiro atoms. The van der Waals surface area contributed by atoms with Crippen LogP contribution in [0, 0.1) is 0 Å². The van der Waals surface area contributed by atoms with Crippen molar-refractivity contribution in [2.24, 2.45) is 0 Å². The van der Waals surface area contributed by atoms with Crippen LogP contribution in [0.3, 0.4) is 0 Å². The van der Waals surface area contributed by atoms with Crippen LogP contribution in [0.25, 0.3) is 17.2 Å². The van der Waals surface area contributed by atoms with Crippen LogP contribution in [-0.2, 0) is 28.9 Å². The number of ether oxygens (including phenoxy) is 1. The number of nitrogens with zero attached hydrogens (tertiary/aromatic N) is 2. The van der Waals surface area contributed by atoms with Crippen molar-refractivity contribution in [3.63, 3.8) is 0 Å². The van der Waals surface area contributed by atoms with Gasteiger partial charge in [-0.3, -0.25) is 4.79 Å². The highest BCUT2D eigenvalue weighted by atomic mass is 32.1. The lowest BCUT2D eigenvalue weighted by molar-refractivity contribution is -0.658. The van der Waals surface area contributed by atoms with Crippen molar-refractivity contribution >= 4 is 45.4 Å². The molecule has 0 radical (unpaired) electrons. The highest BCUT2D eigenvalue weighted by Gasteiger charge is 2.27. The van der Waals surface area contributed by atoms with Gasteiger partial charge in [0.1, 0.15) is 5.00 Å². The van der Waals surface area contributed by atoms with Gasteiger partial charge in [-0.25, -0.2) is 13.9 Å². The third-order valence-corrected chi connectivity index (χ3v) is 6.26. The van der Waals surface area contributed by atoms with Crippen molar-refractivity contribution in [3.8, 4) is 0 Å². The molecule has 2 aromatic heterocycles. The molecule has 0 atom stereocenters. The maximum absolute atomic E-state index is 12.8. The zero-order valence-corrected chi connectivity index (χ0v) is 16.6. The first-order valence-corrected chi connectivity index (χ1v) is 10.1. The van der Waals surface area contributed by atoms with E-state index in [0.29, 0.717) is 10.6 Å². The number of hydrogen-bond acceptors (Lipinski definition) is 4. The first-order valence-electron chi connectivity index (χ1n) is 9.26. The summed E-state index contributed by atoms with van der Waals surface area (Å²) in [6.45, 7) is 3.96. The van der Waals surface area contributed by atoms with Crippen LogP contribution in [-0.4, -0.2) is 23.6 Å². The molecule has 0 saturated carbocycles. The molecular formula is C21H22N3O3S+. The normalized spacial score (nSPS) is 13.2. The minimum atomic E-state index is -0.384. The van der Waals surface area contributed by atoms with E-state index in [2.05, 4.69) is 11.9 Å². The average molecular weight is 396 g/mol. The van der Waals surface area contributed by atoms with E-state index in [9.17, 15) is 9.59 Å². The third kappa shape index (κ3) is 3.22. The first kappa shape index (κ1) is 18.4. The number of fused-ring (bicyclic) bond motifs is 2. The Kier molecular flexibility index (Phi) is 5.00. The van der Waals surface area contributed by atoms with Gasteiger partial charge in [0.15, 0.2) is 17.6 Å². The molecule has 6 nitrogen and oxygen atoms in total. The number of aromatic nitrogens is 2. The number of carbonyl (C=O) groups excluding carboxylic acids is 2. The number of rotatable bonds is 5. The molecule has 4 rings (SSSR count). The first-order chi connectivity index (χ1) is 13.6. The van der Waals surface area contributed by atoms with Gasteiger partial charge in [0, 0.05) is 4.88 Å². The average Bonchev–Trinajstić information content (AvgIpc) is 3.25. The Balaban J connectivity index is 1.62. The number of aryl methyl sites for hydroxylation is 1. The zero-order valence-electron chi connectivity index (χ0n) is 15.7. The second kappa shape index (κ2) is 7.59. The molecule has 1 amide bonds. The van der Waals surface area contributed by atoms with Crippen LogP contribution >= 0.6 is 11.3 Å². The molecule has 1 aliphatic rings. The molecule has 1 aromatic carbocycles. The Hall–Kier alpha value is -2.93. The lowest BCUT2D eigenvalue weighted by Crippen LogP contribution is -2.39. The summed E-state index contributed by atoms with van der Waals surface area (Å²) in [5.41, 5.74) is 3.48. The second-order valence-corrected chi connectivity index (χ2v) is 7.88.